The molecule has 9 nitrogen and oxygen atoms in total. The zero-order valence-electron chi connectivity index (χ0n) is 16.4. The van der Waals surface area contributed by atoms with E-state index >= 15 is 0 Å². The number of hydrogen-bond donors (Lipinski definition) is 2. The van der Waals surface area contributed by atoms with Crippen LogP contribution in [-0.4, -0.2) is 86.8 Å². The molecule has 0 amide bonds. The minimum Gasteiger partial charge on any atom is -0.741 e. The van der Waals surface area contributed by atoms with Gasteiger partial charge in [-0.2, -0.15) is 20.4 Å². The molecule has 0 saturated carbocycles. The molecule has 2 aliphatic rings. The maximum atomic E-state index is 5.35. The summed E-state index contributed by atoms with van der Waals surface area (Å²) in [4.78, 5) is 2.32. The van der Waals surface area contributed by atoms with Gasteiger partial charge in [0.15, 0.2) is 0 Å². The zero-order chi connectivity index (χ0) is 19.9. The monoisotopic (exact) mass is 490 g/mol. The van der Waals surface area contributed by atoms with Crippen molar-refractivity contribution in [2.45, 2.75) is 19.3 Å². The molecule has 29 heavy (non-hydrogen) atoms. The Balaban J connectivity index is 0.00000420. The van der Waals surface area contributed by atoms with Gasteiger partial charge in [-0.25, -0.2) is 0 Å². The summed E-state index contributed by atoms with van der Waals surface area (Å²) >= 11 is 10.2. The summed E-state index contributed by atoms with van der Waals surface area (Å²) in [6, 6.07) is 0. The molecule has 2 fully saturated rings. The number of rotatable bonds is 9. The summed E-state index contributed by atoms with van der Waals surface area (Å²) in [7, 11) is 0. The van der Waals surface area contributed by atoms with Crippen LogP contribution in [0.2, 0.25) is 0 Å². The van der Waals surface area contributed by atoms with E-state index in [1.165, 1.54) is 12.4 Å². The summed E-state index contributed by atoms with van der Waals surface area (Å²) in [6.07, 6.45) is 6.15. The molecule has 0 bridgehead atoms. The van der Waals surface area contributed by atoms with Gasteiger partial charge in [0, 0.05) is 45.9 Å². The van der Waals surface area contributed by atoms with E-state index in [-0.39, 0.29) is 17.1 Å². The number of morpholine rings is 1. The van der Waals surface area contributed by atoms with E-state index in [1.54, 1.807) is 0 Å². The van der Waals surface area contributed by atoms with Crippen molar-refractivity contribution < 1.29 is 26.5 Å². The molecule has 2 aliphatic heterocycles. The standard InChI is InChI=1S/C17H31N7O2S2.Cu/c27-16(18-4-1-15-2-11-25-12-3-15)22-20-5-6-21-23-17(28)19-7-8-24-9-13-26-14-10-24;/h5-6,15H,1-4,7-14H2,(H2,18,22,27)(H2,19,23,28);/q;+2/p-2/b20-5+,21-6+;. The first kappa shape index (κ1) is 26.2. The first-order valence-electron chi connectivity index (χ1n) is 9.64. The van der Waals surface area contributed by atoms with Gasteiger partial charge in [-0.05, 0) is 35.5 Å². The van der Waals surface area contributed by atoms with E-state index in [9.17, 15) is 0 Å². The molecule has 0 aromatic carbocycles. The second-order valence-corrected chi connectivity index (χ2v) is 7.26. The first-order chi connectivity index (χ1) is 13.7. The molecule has 2 N–H and O–H groups in total. The van der Waals surface area contributed by atoms with Crippen molar-refractivity contribution in [1.29, 1.82) is 0 Å². The third kappa shape index (κ3) is 13.1. The molecule has 0 atom stereocenters. The van der Waals surface area contributed by atoms with Gasteiger partial charge in [0.25, 0.3) is 0 Å². The minimum atomic E-state index is 0. The van der Waals surface area contributed by atoms with Crippen LogP contribution in [0.1, 0.15) is 19.3 Å². The van der Waals surface area contributed by atoms with Crippen molar-refractivity contribution in [3.63, 3.8) is 0 Å². The summed E-state index contributed by atoms with van der Waals surface area (Å²) in [5.41, 5.74) is 0. The fraction of sp³-hybridized carbons (Fsp3) is 0.765. The van der Waals surface area contributed by atoms with E-state index in [0.29, 0.717) is 16.3 Å². The van der Waals surface area contributed by atoms with E-state index in [4.69, 9.17) is 34.7 Å². The number of nitrogens with one attached hydrogen (secondary N) is 2. The van der Waals surface area contributed by atoms with Crippen LogP contribution in [0.25, 0.3) is 0 Å². The molecule has 2 rings (SSSR count). The Morgan fingerprint density at radius 3 is 2.07 bits per heavy atom. The van der Waals surface area contributed by atoms with Gasteiger partial charge in [-0.1, -0.05) is 0 Å². The summed E-state index contributed by atoms with van der Waals surface area (Å²) in [5, 5.41) is 22.3. The molecule has 12 heteroatoms. The van der Waals surface area contributed by atoms with E-state index < -0.39 is 0 Å². The van der Waals surface area contributed by atoms with Crippen LogP contribution in [0, 0.1) is 5.92 Å². The minimum absolute atomic E-state index is 0. The molecule has 2 heterocycles. The molecule has 1 radical (unpaired) electrons. The second kappa shape index (κ2) is 16.9. The Bertz CT molecular complexity index is 504. The molecule has 0 aromatic rings. The summed E-state index contributed by atoms with van der Waals surface area (Å²) in [6.45, 7) is 7.65. The van der Waals surface area contributed by atoms with Crippen molar-refractivity contribution in [3.05, 3.63) is 0 Å². The van der Waals surface area contributed by atoms with Gasteiger partial charge in [-0.15, -0.1) is 0 Å². The summed E-state index contributed by atoms with van der Waals surface area (Å²) < 4.78 is 10.7. The van der Waals surface area contributed by atoms with Crippen molar-refractivity contribution in [3.8, 4) is 0 Å². The van der Waals surface area contributed by atoms with E-state index in [2.05, 4.69) is 35.9 Å². The van der Waals surface area contributed by atoms with Gasteiger partial charge in [0.05, 0.1) is 25.6 Å². The maximum Gasteiger partial charge on any atom is 2.00 e. The van der Waals surface area contributed by atoms with Gasteiger partial charge in [0.1, 0.15) is 0 Å². The Hall–Kier alpha value is -0.881. The maximum absolute atomic E-state index is 5.35. The van der Waals surface area contributed by atoms with E-state index in [0.717, 1.165) is 78.4 Å². The fourth-order valence-corrected chi connectivity index (χ4v) is 3.16. The molecule has 0 aromatic heterocycles. The van der Waals surface area contributed by atoms with Crippen molar-refractivity contribution in [1.82, 2.24) is 15.5 Å². The smallest absolute Gasteiger partial charge is 0.741 e. The Labute approximate surface area is 194 Å². The molecule has 167 valence electrons. The average molecular weight is 491 g/mol. The van der Waals surface area contributed by atoms with Crippen LogP contribution in [0.3, 0.4) is 0 Å². The average Bonchev–Trinajstić information content (AvgIpc) is 2.72. The Morgan fingerprint density at radius 2 is 1.45 bits per heavy atom. The first-order valence-corrected chi connectivity index (χ1v) is 10.5. The third-order valence-corrected chi connectivity index (χ3v) is 4.93. The van der Waals surface area contributed by atoms with Crippen LogP contribution >= 0.6 is 0 Å². The van der Waals surface area contributed by atoms with E-state index in [1.807, 2.05) is 0 Å². The molecule has 0 spiro atoms. The molecule has 2 saturated heterocycles. The summed E-state index contributed by atoms with van der Waals surface area (Å²) in [5.74, 6) is 0.701. The van der Waals surface area contributed by atoms with Gasteiger partial charge in [-0.3, -0.25) is 4.90 Å². The van der Waals surface area contributed by atoms with Gasteiger partial charge in [0.2, 0.25) is 0 Å². The topological polar surface area (TPSA) is 95.2 Å². The number of hydrogen-bond acceptors (Lipinski definition) is 9. The number of amidine groups is 2. The van der Waals surface area contributed by atoms with Crippen LogP contribution < -0.4 is 10.6 Å². The number of ether oxygens (including phenoxy) is 2. The third-order valence-electron chi connectivity index (χ3n) is 4.47. The van der Waals surface area contributed by atoms with Crippen LogP contribution in [0.15, 0.2) is 20.4 Å². The molecular formula is C17H29CuN7O2S2. The largest absolute Gasteiger partial charge is 2.00 e. The predicted molar refractivity (Wildman–Crippen MR) is 118 cm³/mol. The Morgan fingerprint density at radius 1 is 0.897 bits per heavy atom. The van der Waals surface area contributed by atoms with Gasteiger partial charge >= 0.3 is 17.1 Å². The second-order valence-electron chi connectivity index (χ2n) is 6.49. The van der Waals surface area contributed by atoms with Crippen LogP contribution in [0.5, 0.6) is 0 Å². The predicted octanol–water partition coefficient (Wildman–Crippen LogP) is 0.0894. The fourth-order valence-electron chi connectivity index (χ4n) is 2.87. The van der Waals surface area contributed by atoms with Crippen molar-refractivity contribution >= 4 is 48.0 Å². The molecular weight excluding hydrogens is 462 g/mol. The Kier molecular flexibility index (Phi) is 15.2. The van der Waals surface area contributed by atoms with Crippen LogP contribution in [0.4, 0.5) is 0 Å². The number of nitrogens with zero attached hydrogens (tertiary/aromatic N) is 5. The SMILES string of the molecule is [Cu+2].[S-]\C(=N/N=C/C=N/N=C(\[S-])NCCN1CCOCC1)NCCC1CCOCC1. The zero-order valence-corrected chi connectivity index (χ0v) is 19.0. The molecule has 0 aliphatic carbocycles. The molecule has 0 unspecified atom stereocenters. The quantitative estimate of drug-likeness (QED) is 0.155. The van der Waals surface area contributed by atoms with Crippen molar-refractivity contribution in [2.75, 3.05) is 59.2 Å². The van der Waals surface area contributed by atoms with Gasteiger partial charge < -0.3 is 45.4 Å². The normalized spacial score (nSPS) is 20.1. The van der Waals surface area contributed by atoms with Crippen molar-refractivity contribution in [2.24, 2.45) is 26.3 Å². The van der Waals surface area contributed by atoms with Crippen LogP contribution in [-0.2, 0) is 51.8 Å².